The van der Waals surface area contributed by atoms with Crippen LogP contribution in [0.25, 0.3) is 11.3 Å². The van der Waals surface area contributed by atoms with Crippen LogP contribution < -0.4 is 20.7 Å². The number of hydrogen-bond donors (Lipinski definition) is 3. The van der Waals surface area contributed by atoms with Crippen LogP contribution in [0.2, 0.25) is 0 Å². The van der Waals surface area contributed by atoms with Crippen molar-refractivity contribution in [3.63, 3.8) is 0 Å². The summed E-state index contributed by atoms with van der Waals surface area (Å²) in [6.07, 6.45) is 3.91. The number of anilines is 3. The van der Waals surface area contributed by atoms with Gasteiger partial charge in [0.1, 0.15) is 5.69 Å². The third-order valence-electron chi connectivity index (χ3n) is 5.85. The summed E-state index contributed by atoms with van der Waals surface area (Å²) >= 11 is 0. The van der Waals surface area contributed by atoms with Gasteiger partial charge in [-0.25, -0.2) is 0 Å². The fourth-order valence-electron chi connectivity index (χ4n) is 3.71. The van der Waals surface area contributed by atoms with E-state index >= 15 is 0 Å². The lowest BCUT2D eigenvalue weighted by molar-refractivity contribution is -0.117. The van der Waals surface area contributed by atoms with Gasteiger partial charge in [-0.1, -0.05) is 6.07 Å². The molecule has 11 nitrogen and oxygen atoms in total. The van der Waals surface area contributed by atoms with E-state index in [1.54, 1.807) is 18.0 Å². The number of amides is 2. The Balaban J connectivity index is 1.51. The van der Waals surface area contributed by atoms with Crippen LogP contribution in [-0.4, -0.2) is 51.2 Å². The minimum absolute atomic E-state index is 0.0147. The Morgan fingerprint density at radius 1 is 1.09 bits per heavy atom. The van der Waals surface area contributed by atoms with Crippen LogP contribution in [-0.2, 0) is 4.79 Å². The molecule has 2 amide bonds. The molecule has 3 N–H and O–H groups in total. The smallest absolute Gasteiger partial charge is 0.273 e. The predicted molar refractivity (Wildman–Crippen MR) is 125 cm³/mol. The van der Waals surface area contributed by atoms with Crippen LogP contribution >= 0.6 is 0 Å². The number of methoxy groups -OCH3 is 1. The van der Waals surface area contributed by atoms with Crippen molar-refractivity contribution in [2.75, 3.05) is 24.8 Å². The summed E-state index contributed by atoms with van der Waals surface area (Å²) in [6.45, 7) is 1.92. The maximum atomic E-state index is 12.4. The lowest BCUT2D eigenvalue weighted by Crippen LogP contribution is -2.22. The molecule has 2 saturated carbocycles. The summed E-state index contributed by atoms with van der Waals surface area (Å²) in [5, 5.41) is 25.9. The van der Waals surface area contributed by atoms with Gasteiger partial charge >= 0.3 is 0 Å². The van der Waals surface area contributed by atoms with Crippen molar-refractivity contribution in [1.29, 1.82) is 0 Å². The molecule has 2 aromatic heterocycles. The van der Waals surface area contributed by atoms with E-state index in [9.17, 15) is 9.59 Å². The van der Waals surface area contributed by atoms with Gasteiger partial charge in [0.05, 0.1) is 30.2 Å². The molecule has 0 radical (unpaired) electrons. The van der Waals surface area contributed by atoms with Crippen molar-refractivity contribution in [3.8, 4) is 17.0 Å². The average Bonchev–Trinajstić information content (AvgIpc) is 3.76. The molecule has 0 spiro atoms. The number of nitrogens with one attached hydrogen (secondary N) is 3. The second-order valence-electron chi connectivity index (χ2n) is 8.53. The molecule has 0 saturated heterocycles. The molecule has 3 aromatic rings. The normalized spacial score (nSPS) is 15.0. The molecule has 2 fully saturated rings. The zero-order valence-electron chi connectivity index (χ0n) is 19.3. The van der Waals surface area contributed by atoms with Crippen molar-refractivity contribution in [2.45, 2.75) is 38.6 Å². The van der Waals surface area contributed by atoms with Crippen LogP contribution in [0.15, 0.2) is 24.3 Å². The molecule has 2 heterocycles. The van der Waals surface area contributed by atoms with Gasteiger partial charge in [-0.3, -0.25) is 9.59 Å². The number of benzene rings is 1. The van der Waals surface area contributed by atoms with Gasteiger partial charge in [0.25, 0.3) is 5.91 Å². The minimum Gasteiger partial charge on any atom is -0.494 e. The van der Waals surface area contributed by atoms with E-state index in [4.69, 9.17) is 9.84 Å². The van der Waals surface area contributed by atoms with Crippen LogP contribution in [0.4, 0.5) is 17.2 Å². The first-order chi connectivity index (χ1) is 16.5. The molecule has 11 heteroatoms. The quantitative estimate of drug-likeness (QED) is 0.465. The molecule has 2 aliphatic carbocycles. The Hall–Kier alpha value is -4.02. The van der Waals surface area contributed by atoms with Crippen molar-refractivity contribution >= 4 is 29.0 Å². The van der Waals surface area contributed by atoms with Crippen LogP contribution in [0.5, 0.6) is 5.75 Å². The Kier molecular flexibility index (Phi) is 5.60. The van der Waals surface area contributed by atoms with Crippen LogP contribution in [0, 0.1) is 12.8 Å². The summed E-state index contributed by atoms with van der Waals surface area (Å²) in [7, 11) is 3.10. The number of hydrogen-bond acceptors (Lipinski definition) is 8. The van der Waals surface area contributed by atoms with Crippen molar-refractivity contribution in [2.24, 2.45) is 5.92 Å². The van der Waals surface area contributed by atoms with Gasteiger partial charge in [0.15, 0.2) is 17.3 Å². The Morgan fingerprint density at radius 2 is 1.88 bits per heavy atom. The first kappa shape index (κ1) is 21.8. The summed E-state index contributed by atoms with van der Waals surface area (Å²) < 4.78 is 5.76. The van der Waals surface area contributed by atoms with E-state index in [0.29, 0.717) is 23.2 Å². The summed E-state index contributed by atoms with van der Waals surface area (Å²) in [4.78, 5) is 26.4. The fraction of sp³-hybridized carbons (Fsp3) is 0.391. The van der Waals surface area contributed by atoms with Gasteiger partial charge in [0.2, 0.25) is 5.91 Å². The van der Waals surface area contributed by atoms with Gasteiger partial charge in [-0.15, -0.1) is 10.2 Å². The van der Waals surface area contributed by atoms with E-state index in [1.807, 2.05) is 25.1 Å². The van der Waals surface area contributed by atoms with Gasteiger partial charge in [-0.05, 0) is 44.7 Å². The van der Waals surface area contributed by atoms with E-state index in [2.05, 4.69) is 31.2 Å². The van der Waals surface area contributed by atoms with Gasteiger partial charge < -0.3 is 20.7 Å². The van der Waals surface area contributed by atoms with E-state index in [0.717, 1.165) is 42.6 Å². The van der Waals surface area contributed by atoms with Crippen molar-refractivity contribution < 1.29 is 14.3 Å². The number of rotatable bonds is 8. The lowest BCUT2D eigenvalue weighted by Gasteiger charge is -2.16. The SMILES string of the molecule is CNC(=O)c1nnc(NC(=O)C2CC2)cc1Nc1cccc(-c2nn(C3CC3)nc2C)c1OC. The van der Waals surface area contributed by atoms with Crippen LogP contribution in [0.1, 0.15) is 47.9 Å². The fourth-order valence-corrected chi connectivity index (χ4v) is 3.71. The molecule has 34 heavy (non-hydrogen) atoms. The monoisotopic (exact) mass is 462 g/mol. The maximum Gasteiger partial charge on any atom is 0.273 e. The summed E-state index contributed by atoms with van der Waals surface area (Å²) in [5.74, 6) is 0.332. The number of aryl methyl sites for hydroxylation is 1. The minimum atomic E-state index is -0.409. The first-order valence-corrected chi connectivity index (χ1v) is 11.3. The van der Waals surface area contributed by atoms with Crippen molar-refractivity contribution in [1.82, 2.24) is 30.5 Å². The van der Waals surface area contributed by atoms with E-state index in [1.165, 1.54) is 7.05 Å². The Morgan fingerprint density at radius 3 is 2.56 bits per heavy atom. The molecule has 176 valence electrons. The number of carbonyl (C=O) groups excluding carboxylic acids is 2. The highest BCUT2D eigenvalue weighted by Crippen LogP contribution is 2.40. The molecule has 0 atom stereocenters. The first-order valence-electron chi connectivity index (χ1n) is 11.3. The number of para-hydroxylation sites is 1. The highest BCUT2D eigenvalue weighted by molar-refractivity contribution is 6.00. The molecule has 1 aromatic carbocycles. The summed E-state index contributed by atoms with van der Waals surface area (Å²) in [6, 6.07) is 7.59. The molecular formula is C23H26N8O3. The number of nitrogens with zero attached hydrogens (tertiary/aromatic N) is 5. The highest BCUT2D eigenvalue weighted by atomic mass is 16.5. The Labute approximate surface area is 196 Å². The summed E-state index contributed by atoms with van der Waals surface area (Å²) in [5.41, 5.74) is 3.42. The average molecular weight is 463 g/mol. The van der Waals surface area contributed by atoms with Gasteiger partial charge in [-0.2, -0.15) is 15.0 Å². The maximum absolute atomic E-state index is 12.4. The molecule has 0 bridgehead atoms. The molecule has 5 rings (SSSR count). The number of aromatic nitrogens is 5. The van der Waals surface area contributed by atoms with Gasteiger partial charge in [0, 0.05) is 24.6 Å². The van der Waals surface area contributed by atoms with Crippen LogP contribution in [0.3, 0.4) is 0 Å². The third kappa shape index (κ3) is 4.28. The highest BCUT2D eigenvalue weighted by Gasteiger charge is 2.30. The number of carbonyl (C=O) groups is 2. The molecule has 0 unspecified atom stereocenters. The molecule has 2 aliphatic rings. The predicted octanol–water partition coefficient (Wildman–Crippen LogP) is 2.84. The van der Waals surface area contributed by atoms with E-state index in [-0.39, 0.29) is 23.3 Å². The largest absolute Gasteiger partial charge is 0.494 e. The zero-order chi connectivity index (χ0) is 23.8. The third-order valence-corrected chi connectivity index (χ3v) is 5.85. The number of ether oxygens (including phenoxy) is 1. The standard InChI is InChI=1S/C23H26N8O3/c1-12-19(30-31(29-12)14-9-10-14)15-5-4-6-16(21(15)34-3)25-17-11-18(26-22(32)13-7-8-13)27-28-20(17)23(33)24-2/h4-6,11,13-14H,7-10H2,1-3H3,(H,24,33)(H2,25,26,27,32). The lowest BCUT2D eigenvalue weighted by atomic mass is 10.1. The molecular weight excluding hydrogens is 436 g/mol. The zero-order valence-corrected chi connectivity index (χ0v) is 19.3. The van der Waals surface area contributed by atoms with Crippen molar-refractivity contribution in [3.05, 3.63) is 35.7 Å². The Bertz CT molecular complexity index is 1260. The second-order valence-corrected chi connectivity index (χ2v) is 8.53. The second kappa shape index (κ2) is 8.73. The van der Waals surface area contributed by atoms with E-state index < -0.39 is 5.91 Å². The molecule has 0 aliphatic heterocycles. The topological polar surface area (TPSA) is 136 Å².